The molecule has 20 heavy (non-hydrogen) atoms. The second kappa shape index (κ2) is 6.93. The predicted octanol–water partition coefficient (Wildman–Crippen LogP) is 2.24. The summed E-state index contributed by atoms with van der Waals surface area (Å²) in [5, 5.41) is 6.70. The molecule has 0 saturated carbocycles. The van der Waals surface area contributed by atoms with Gasteiger partial charge in [0, 0.05) is 18.8 Å². The number of aryl methyl sites for hydroxylation is 1. The molecule has 0 bridgehead atoms. The van der Waals surface area contributed by atoms with Gasteiger partial charge in [0.15, 0.2) is 0 Å². The Kier molecular flexibility index (Phi) is 5.49. The van der Waals surface area contributed by atoms with Gasteiger partial charge in [-0.1, -0.05) is 11.6 Å². The first-order valence-corrected chi connectivity index (χ1v) is 7.88. The van der Waals surface area contributed by atoms with Crippen LogP contribution in [-0.4, -0.2) is 42.7 Å². The first-order valence-electron chi connectivity index (χ1n) is 6.71. The maximum Gasteiger partial charge on any atom is 0.269 e. The fourth-order valence-electron chi connectivity index (χ4n) is 2.35. The summed E-state index contributed by atoms with van der Waals surface area (Å²) in [5.41, 5.74) is 1.23. The van der Waals surface area contributed by atoms with Crippen molar-refractivity contribution in [3.05, 3.63) is 20.9 Å². The van der Waals surface area contributed by atoms with Crippen LogP contribution in [0.3, 0.4) is 0 Å². The van der Waals surface area contributed by atoms with Crippen molar-refractivity contribution in [2.24, 2.45) is 0 Å². The van der Waals surface area contributed by atoms with Crippen molar-refractivity contribution in [3.8, 4) is 0 Å². The molecule has 0 aromatic carbocycles. The number of H-pyrrole nitrogens is 1. The Morgan fingerprint density at radius 3 is 2.95 bits per heavy atom. The van der Waals surface area contributed by atoms with E-state index in [-0.39, 0.29) is 18.1 Å². The number of rotatable bonds is 4. The number of amides is 1. The SMILES string of the molecule is CCO[C@H]1CNCC[C@H]1NC(=O)c1[nH]c(C)c(Br)c1Cl. The molecule has 0 unspecified atom stereocenters. The smallest absolute Gasteiger partial charge is 0.269 e. The number of aromatic amines is 1. The molecule has 3 N–H and O–H groups in total. The van der Waals surface area contributed by atoms with E-state index in [1.165, 1.54) is 0 Å². The van der Waals surface area contributed by atoms with E-state index in [2.05, 4.69) is 31.5 Å². The van der Waals surface area contributed by atoms with Crippen molar-refractivity contribution in [1.29, 1.82) is 0 Å². The van der Waals surface area contributed by atoms with Gasteiger partial charge in [-0.15, -0.1) is 0 Å². The number of hydrogen-bond acceptors (Lipinski definition) is 3. The highest BCUT2D eigenvalue weighted by molar-refractivity contribution is 9.10. The van der Waals surface area contributed by atoms with E-state index in [4.69, 9.17) is 16.3 Å². The van der Waals surface area contributed by atoms with Crippen molar-refractivity contribution in [2.45, 2.75) is 32.4 Å². The molecule has 1 aliphatic heterocycles. The van der Waals surface area contributed by atoms with E-state index >= 15 is 0 Å². The van der Waals surface area contributed by atoms with Crippen molar-refractivity contribution in [3.63, 3.8) is 0 Å². The third-order valence-electron chi connectivity index (χ3n) is 3.40. The Balaban J connectivity index is 2.07. The molecule has 2 atom stereocenters. The molecule has 1 amide bonds. The van der Waals surface area contributed by atoms with Crippen LogP contribution >= 0.6 is 27.5 Å². The molecule has 1 fully saturated rings. The van der Waals surface area contributed by atoms with Gasteiger partial charge < -0.3 is 20.4 Å². The predicted molar refractivity (Wildman–Crippen MR) is 82.4 cm³/mol. The van der Waals surface area contributed by atoms with Crippen LogP contribution in [-0.2, 0) is 4.74 Å². The molecular weight excluding hydrogens is 346 g/mol. The molecule has 1 aromatic rings. The van der Waals surface area contributed by atoms with Crippen molar-refractivity contribution < 1.29 is 9.53 Å². The van der Waals surface area contributed by atoms with Gasteiger partial charge in [0.25, 0.3) is 5.91 Å². The summed E-state index contributed by atoms with van der Waals surface area (Å²) in [7, 11) is 0. The van der Waals surface area contributed by atoms with E-state index in [0.29, 0.717) is 17.3 Å². The number of carbonyl (C=O) groups is 1. The largest absolute Gasteiger partial charge is 0.375 e. The Bertz CT molecular complexity index is 490. The molecule has 2 rings (SSSR count). The highest BCUT2D eigenvalue weighted by Gasteiger charge is 2.28. The minimum absolute atomic E-state index is 0.00199. The third kappa shape index (κ3) is 3.36. The summed E-state index contributed by atoms with van der Waals surface area (Å²) in [6, 6.07) is 0.00199. The lowest BCUT2D eigenvalue weighted by molar-refractivity contribution is 0.0208. The maximum atomic E-state index is 12.3. The molecule has 1 aromatic heterocycles. The number of carbonyl (C=O) groups excluding carboxylic acids is 1. The van der Waals surface area contributed by atoms with Crippen molar-refractivity contribution in [1.82, 2.24) is 15.6 Å². The molecule has 0 spiro atoms. The summed E-state index contributed by atoms with van der Waals surface area (Å²) in [6.45, 7) is 6.07. The standard InChI is InChI=1S/C13H19BrClN3O2/c1-3-20-9-6-16-5-4-8(9)18-13(19)12-11(15)10(14)7(2)17-12/h8-9,16-17H,3-6H2,1-2H3,(H,18,19)/t8-,9+/m1/s1. The van der Waals surface area contributed by atoms with Gasteiger partial charge in [0.1, 0.15) is 5.69 Å². The van der Waals surface area contributed by atoms with Gasteiger partial charge in [-0.05, 0) is 42.7 Å². The lowest BCUT2D eigenvalue weighted by Crippen LogP contribution is -2.53. The fraction of sp³-hybridized carbons (Fsp3) is 0.615. The summed E-state index contributed by atoms with van der Waals surface area (Å²) >= 11 is 9.49. The molecule has 0 aliphatic carbocycles. The van der Waals surface area contributed by atoms with Crippen LogP contribution in [0.25, 0.3) is 0 Å². The second-order valence-electron chi connectivity index (χ2n) is 4.82. The Morgan fingerprint density at radius 2 is 2.35 bits per heavy atom. The Labute approximate surface area is 131 Å². The summed E-state index contributed by atoms with van der Waals surface area (Å²) in [5.74, 6) is -0.194. The Morgan fingerprint density at radius 1 is 1.60 bits per heavy atom. The van der Waals surface area contributed by atoms with Gasteiger partial charge in [-0.3, -0.25) is 4.79 Å². The van der Waals surface area contributed by atoms with Crippen LogP contribution in [0, 0.1) is 6.92 Å². The number of nitrogens with one attached hydrogen (secondary N) is 3. The number of hydrogen-bond donors (Lipinski definition) is 3. The summed E-state index contributed by atoms with van der Waals surface area (Å²) < 4.78 is 6.39. The van der Waals surface area contributed by atoms with Crippen LogP contribution in [0.15, 0.2) is 4.47 Å². The number of ether oxygens (including phenoxy) is 1. The molecule has 1 aliphatic rings. The van der Waals surface area contributed by atoms with E-state index in [1.54, 1.807) is 0 Å². The first kappa shape index (κ1) is 15.8. The zero-order valence-corrected chi connectivity index (χ0v) is 13.9. The molecule has 2 heterocycles. The number of halogens is 2. The molecule has 112 valence electrons. The van der Waals surface area contributed by atoms with Crippen LogP contribution in [0.4, 0.5) is 0 Å². The normalized spacial score (nSPS) is 22.8. The minimum Gasteiger partial charge on any atom is -0.375 e. The van der Waals surface area contributed by atoms with E-state index < -0.39 is 0 Å². The first-order chi connectivity index (χ1) is 9.54. The van der Waals surface area contributed by atoms with Crippen LogP contribution in [0.1, 0.15) is 29.5 Å². The van der Waals surface area contributed by atoms with Gasteiger partial charge in [-0.2, -0.15) is 0 Å². The van der Waals surface area contributed by atoms with E-state index in [9.17, 15) is 4.79 Å². The molecule has 1 saturated heterocycles. The van der Waals surface area contributed by atoms with Gasteiger partial charge in [-0.25, -0.2) is 0 Å². The lowest BCUT2D eigenvalue weighted by Gasteiger charge is -2.32. The maximum absolute atomic E-state index is 12.3. The third-order valence-corrected chi connectivity index (χ3v) is 5.00. The highest BCUT2D eigenvalue weighted by Crippen LogP contribution is 2.29. The van der Waals surface area contributed by atoms with Crippen molar-refractivity contribution in [2.75, 3.05) is 19.7 Å². The van der Waals surface area contributed by atoms with Crippen LogP contribution < -0.4 is 10.6 Å². The average molecular weight is 365 g/mol. The zero-order chi connectivity index (χ0) is 14.7. The highest BCUT2D eigenvalue weighted by atomic mass is 79.9. The molecule has 0 radical (unpaired) electrons. The molecule has 7 heteroatoms. The molecule has 5 nitrogen and oxygen atoms in total. The monoisotopic (exact) mass is 363 g/mol. The van der Waals surface area contributed by atoms with Gasteiger partial charge >= 0.3 is 0 Å². The number of aromatic nitrogens is 1. The van der Waals surface area contributed by atoms with E-state index in [0.717, 1.165) is 29.7 Å². The van der Waals surface area contributed by atoms with Crippen molar-refractivity contribution >= 4 is 33.4 Å². The van der Waals surface area contributed by atoms with E-state index in [1.807, 2.05) is 13.8 Å². The number of piperidine rings is 1. The van der Waals surface area contributed by atoms with Crippen LogP contribution in [0.2, 0.25) is 5.02 Å². The molecular formula is C13H19BrClN3O2. The quantitative estimate of drug-likeness (QED) is 0.767. The zero-order valence-electron chi connectivity index (χ0n) is 11.6. The minimum atomic E-state index is -0.194. The average Bonchev–Trinajstić information content (AvgIpc) is 2.69. The van der Waals surface area contributed by atoms with Crippen LogP contribution in [0.5, 0.6) is 0 Å². The summed E-state index contributed by atoms with van der Waals surface area (Å²) in [4.78, 5) is 15.3. The summed E-state index contributed by atoms with van der Waals surface area (Å²) in [6.07, 6.45) is 0.838. The lowest BCUT2D eigenvalue weighted by atomic mass is 10.0. The Hall–Kier alpha value is -0.560. The second-order valence-corrected chi connectivity index (χ2v) is 5.99. The van der Waals surface area contributed by atoms with Gasteiger partial charge in [0.05, 0.1) is 21.6 Å². The topological polar surface area (TPSA) is 66.2 Å². The van der Waals surface area contributed by atoms with Gasteiger partial charge in [0.2, 0.25) is 0 Å². The fourth-order valence-corrected chi connectivity index (χ4v) is 2.93.